The first-order chi connectivity index (χ1) is 13.6. The lowest BCUT2D eigenvalue weighted by atomic mass is 10.1. The van der Waals surface area contributed by atoms with Gasteiger partial charge in [-0.2, -0.15) is 5.10 Å². The number of benzene rings is 1. The van der Waals surface area contributed by atoms with Gasteiger partial charge in [0.1, 0.15) is 6.54 Å². The fraction of sp³-hybridized carbons (Fsp3) is 0.368. The van der Waals surface area contributed by atoms with E-state index in [1.807, 2.05) is 10.9 Å². The molecule has 1 aliphatic heterocycles. The van der Waals surface area contributed by atoms with Crippen LogP contribution >= 0.6 is 0 Å². The van der Waals surface area contributed by atoms with Crippen molar-refractivity contribution in [2.75, 3.05) is 32.1 Å². The summed E-state index contributed by atoms with van der Waals surface area (Å²) < 4.78 is 6.30. The summed E-state index contributed by atoms with van der Waals surface area (Å²) >= 11 is 0. The zero-order valence-electron chi connectivity index (χ0n) is 15.6. The van der Waals surface area contributed by atoms with Crippen molar-refractivity contribution in [1.82, 2.24) is 20.4 Å². The van der Waals surface area contributed by atoms with Gasteiger partial charge in [-0.15, -0.1) is 0 Å². The third kappa shape index (κ3) is 4.95. The van der Waals surface area contributed by atoms with Crippen molar-refractivity contribution in [3.05, 3.63) is 47.8 Å². The highest BCUT2D eigenvalue weighted by Crippen LogP contribution is 2.16. The van der Waals surface area contributed by atoms with E-state index in [9.17, 15) is 14.4 Å². The molecule has 148 valence electrons. The van der Waals surface area contributed by atoms with Crippen LogP contribution in [0, 0.1) is 0 Å². The van der Waals surface area contributed by atoms with Crippen LogP contribution in [0.2, 0.25) is 0 Å². The summed E-state index contributed by atoms with van der Waals surface area (Å²) in [4.78, 5) is 35.4. The van der Waals surface area contributed by atoms with Gasteiger partial charge in [-0.1, -0.05) is 0 Å². The molecule has 3 N–H and O–H groups in total. The third-order valence-electron chi connectivity index (χ3n) is 4.51. The van der Waals surface area contributed by atoms with Crippen LogP contribution in [-0.4, -0.2) is 54.3 Å². The number of hydrogen-bond acceptors (Lipinski definition) is 6. The molecular formula is C19H23N5O4. The van der Waals surface area contributed by atoms with E-state index in [4.69, 9.17) is 0 Å². The van der Waals surface area contributed by atoms with E-state index in [1.165, 1.54) is 7.11 Å². The number of hydrogen-bond donors (Lipinski definition) is 3. The van der Waals surface area contributed by atoms with Gasteiger partial charge in [-0.3, -0.25) is 19.1 Å². The largest absolute Gasteiger partial charge is 0.468 e. The molecule has 1 aliphatic rings. The van der Waals surface area contributed by atoms with Gasteiger partial charge in [-0.25, -0.2) is 0 Å². The molecule has 2 aromatic rings. The number of ether oxygens (including phenoxy) is 1. The first-order valence-electron chi connectivity index (χ1n) is 9.09. The molecule has 2 heterocycles. The molecule has 0 bridgehead atoms. The molecule has 28 heavy (non-hydrogen) atoms. The number of anilines is 1. The second kappa shape index (κ2) is 9.14. The lowest BCUT2D eigenvalue weighted by molar-refractivity contribution is -0.139. The normalized spacial score (nSPS) is 16.2. The van der Waals surface area contributed by atoms with E-state index < -0.39 is 11.9 Å². The number of nitrogens with zero attached hydrogens (tertiary/aromatic N) is 2. The number of rotatable bonds is 6. The molecule has 0 radical (unpaired) electrons. The van der Waals surface area contributed by atoms with Crippen molar-refractivity contribution in [2.45, 2.75) is 18.9 Å². The zero-order valence-corrected chi connectivity index (χ0v) is 15.6. The lowest BCUT2D eigenvalue weighted by Crippen LogP contribution is -2.32. The number of methoxy groups -OCH3 is 1. The molecule has 1 atom stereocenters. The molecule has 0 spiro atoms. The van der Waals surface area contributed by atoms with E-state index in [2.05, 4.69) is 25.8 Å². The van der Waals surface area contributed by atoms with Gasteiger partial charge in [0.2, 0.25) is 0 Å². The van der Waals surface area contributed by atoms with Gasteiger partial charge >= 0.3 is 5.97 Å². The van der Waals surface area contributed by atoms with Gasteiger partial charge in [0.25, 0.3) is 11.8 Å². The predicted molar refractivity (Wildman–Crippen MR) is 102 cm³/mol. The highest BCUT2D eigenvalue weighted by atomic mass is 16.5. The number of piperidine rings is 1. The fourth-order valence-corrected chi connectivity index (χ4v) is 2.95. The number of nitrogens with one attached hydrogen (secondary N) is 3. The Labute approximate surface area is 162 Å². The molecule has 1 aromatic heterocycles. The number of carbonyl (C=O) groups is 3. The molecule has 1 fully saturated rings. The van der Waals surface area contributed by atoms with Crippen molar-refractivity contribution in [3.8, 4) is 0 Å². The van der Waals surface area contributed by atoms with Crippen LogP contribution in [0.4, 0.5) is 5.69 Å². The van der Waals surface area contributed by atoms with Crippen molar-refractivity contribution in [2.24, 2.45) is 0 Å². The Morgan fingerprint density at radius 3 is 2.68 bits per heavy atom. The molecular weight excluding hydrogens is 362 g/mol. The first kappa shape index (κ1) is 19.6. The highest BCUT2D eigenvalue weighted by molar-refractivity contribution is 6.03. The average molecular weight is 385 g/mol. The third-order valence-corrected chi connectivity index (χ3v) is 4.51. The van der Waals surface area contributed by atoms with Gasteiger partial charge in [-0.05, 0) is 49.7 Å². The SMILES string of the molecule is COC(=O)CNC(=O)c1ccc(NC(=O)c2ccn(C3CCCNC3)n2)cc1. The number of aromatic nitrogens is 2. The minimum Gasteiger partial charge on any atom is -0.468 e. The Bertz CT molecular complexity index is 840. The molecule has 9 heteroatoms. The summed E-state index contributed by atoms with van der Waals surface area (Å²) in [6, 6.07) is 8.32. The molecule has 2 amide bonds. The monoisotopic (exact) mass is 385 g/mol. The highest BCUT2D eigenvalue weighted by Gasteiger charge is 2.18. The second-order valence-corrected chi connectivity index (χ2v) is 6.47. The summed E-state index contributed by atoms with van der Waals surface area (Å²) in [6.07, 6.45) is 3.95. The molecule has 0 saturated carbocycles. The topological polar surface area (TPSA) is 114 Å². The maximum absolute atomic E-state index is 12.4. The second-order valence-electron chi connectivity index (χ2n) is 6.47. The van der Waals surface area contributed by atoms with Crippen LogP contribution in [0.3, 0.4) is 0 Å². The fourth-order valence-electron chi connectivity index (χ4n) is 2.95. The Morgan fingerprint density at radius 2 is 2.00 bits per heavy atom. The maximum atomic E-state index is 12.4. The molecule has 9 nitrogen and oxygen atoms in total. The Balaban J connectivity index is 1.56. The van der Waals surface area contributed by atoms with Crippen LogP contribution in [0.15, 0.2) is 36.5 Å². The maximum Gasteiger partial charge on any atom is 0.325 e. The smallest absolute Gasteiger partial charge is 0.325 e. The summed E-state index contributed by atoms with van der Waals surface area (Å²) in [5, 5.41) is 12.9. The van der Waals surface area contributed by atoms with E-state index in [-0.39, 0.29) is 18.5 Å². The predicted octanol–water partition coefficient (Wildman–Crippen LogP) is 0.963. The Kier molecular flexibility index (Phi) is 6.38. The minimum absolute atomic E-state index is 0.201. The summed E-state index contributed by atoms with van der Waals surface area (Å²) in [5.74, 6) is -1.24. The molecule has 1 unspecified atom stereocenters. The molecule has 0 aliphatic carbocycles. The van der Waals surface area contributed by atoms with Crippen molar-refractivity contribution in [3.63, 3.8) is 0 Å². The molecule has 1 saturated heterocycles. The van der Waals surface area contributed by atoms with E-state index in [0.717, 1.165) is 25.9 Å². The minimum atomic E-state index is -0.527. The Morgan fingerprint density at radius 1 is 1.21 bits per heavy atom. The average Bonchev–Trinajstić information content (AvgIpc) is 3.23. The number of amides is 2. The van der Waals surface area contributed by atoms with Crippen LogP contribution in [0.5, 0.6) is 0 Å². The van der Waals surface area contributed by atoms with Gasteiger partial charge in [0.15, 0.2) is 5.69 Å². The van der Waals surface area contributed by atoms with Crippen LogP contribution in [0.25, 0.3) is 0 Å². The van der Waals surface area contributed by atoms with Gasteiger partial charge < -0.3 is 20.7 Å². The molecule has 1 aromatic carbocycles. The molecule has 3 rings (SSSR count). The Hall–Kier alpha value is -3.20. The summed E-state index contributed by atoms with van der Waals surface area (Å²) in [7, 11) is 1.25. The van der Waals surface area contributed by atoms with Crippen LogP contribution < -0.4 is 16.0 Å². The van der Waals surface area contributed by atoms with Crippen molar-refractivity contribution < 1.29 is 19.1 Å². The van der Waals surface area contributed by atoms with E-state index >= 15 is 0 Å². The number of carbonyl (C=O) groups excluding carboxylic acids is 3. The van der Waals surface area contributed by atoms with Gasteiger partial charge in [0.05, 0.1) is 13.2 Å². The quantitative estimate of drug-likeness (QED) is 0.638. The van der Waals surface area contributed by atoms with Crippen molar-refractivity contribution in [1.29, 1.82) is 0 Å². The zero-order chi connectivity index (χ0) is 19.9. The van der Waals surface area contributed by atoms with Crippen molar-refractivity contribution >= 4 is 23.5 Å². The first-order valence-corrected chi connectivity index (χ1v) is 9.09. The lowest BCUT2D eigenvalue weighted by Gasteiger charge is -2.22. The van der Waals surface area contributed by atoms with Crippen LogP contribution in [-0.2, 0) is 9.53 Å². The summed E-state index contributed by atoms with van der Waals surface area (Å²) in [5.41, 5.74) is 1.25. The van der Waals surface area contributed by atoms with Gasteiger partial charge in [0, 0.05) is 24.0 Å². The standard InChI is InChI=1S/C19H23N5O4/c1-28-17(25)12-21-18(26)13-4-6-14(7-5-13)22-19(27)16-8-10-24(23-16)15-3-2-9-20-11-15/h4-8,10,15,20H,2-3,9,11-12H2,1H3,(H,21,26)(H,22,27). The van der Waals surface area contributed by atoms with E-state index in [0.29, 0.717) is 16.9 Å². The van der Waals surface area contributed by atoms with E-state index in [1.54, 1.807) is 30.3 Å². The summed E-state index contributed by atoms with van der Waals surface area (Å²) in [6.45, 7) is 1.66. The number of esters is 1. The van der Waals surface area contributed by atoms with Crippen LogP contribution in [0.1, 0.15) is 39.7 Å².